The van der Waals surface area contributed by atoms with Crippen LogP contribution in [0.1, 0.15) is 25.2 Å². The lowest BCUT2D eigenvalue weighted by atomic mass is 10.2. The molecule has 0 atom stereocenters. The van der Waals surface area contributed by atoms with Crippen LogP contribution in [0.25, 0.3) is 0 Å². The number of rotatable bonds is 6. The Bertz CT molecular complexity index is 494. The number of nitrogens with zero attached hydrogens (tertiary/aromatic N) is 2. The molecule has 0 aliphatic rings. The van der Waals surface area contributed by atoms with Crippen molar-refractivity contribution in [1.82, 2.24) is 10.3 Å². The molecule has 0 aliphatic carbocycles. The van der Waals surface area contributed by atoms with E-state index in [1.807, 2.05) is 31.4 Å². The van der Waals surface area contributed by atoms with Crippen LogP contribution in [0.15, 0.2) is 41.1 Å². The molecule has 19 heavy (non-hydrogen) atoms. The first kappa shape index (κ1) is 13.6. The van der Waals surface area contributed by atoms with Crippen molar-refractivity contribution in [2.45, 2.75) is 33.0 Å². The average molecular weight is 259 g/mol. The van der Waals surface area contributed by atoms with Crippen LogP contribution in [-0.4, -0.2) is 18.1 Å². The lowest BCUT2D eigenvalue weighted by Gasteiger charge is -2.20. The summed E-state index contributed by atoms with van der Waals surface area (Å²) < 4.78 is 5.38. The van der Waals surface area contributed by atoms with E-state index < -0.39 is 0 Å². The highest BCUT2D eigenvalue weighted by atomic mass is 16.3. The predicted molar refractivity (Wildman–Crippen MR) is 77.0 cm³/mol. The van der Waals surface area contributed by atoms with E-state index in [-0.39, 0.29) is 0 Å². The van der Waals surface area contributed by atoms with Gasteiger partial charge >= 0.3 is 0 Å². The molecule has 102 valence electrons. The van der Waals surface area contributed by atoms with Gasteiger partial charge in [0.15, 0.2) is 0 Å². The van der Waals surface area contributed by atoms with Gasteiger partial charge in [-0.15, -0.1) is 0 Å². The lowest BCUT2D eigenvalue weighted by molar-refractivity contribution is 0.506. The van der Waals surface area contributed by atoms with Gasteiger partial charge in [0.1, 0.15) is 11.6 Å². The summed E-state index contributed by atoms with van der Waals surface area (Å²) in [6.45, 7) is 5.83. The molecule has 0 spiro atoms. The Morgan fingerprint density at radius 3 is 2.84 bits per heavy atom. The number of hydrogen-bond donors (Lipinski definition) is 1. The Morgan fingerprint density at radius 2 is 2.16 bits per heavy atom. The highest BCUT2D eigenvalue weighted by molar-refractivity contribution is 5.46. The summed E-state index contributed by atoms with van der Waals surface area (Å²) in [6.07, 6.45) is 3.52. The van der Waals surface area contributed by atoms with Gasteiger partial charge in [-0.25, -0.2) is 4.98 Å². The summed E-state index contributed by atoms with van der Waals surface area (Å²) in [5.74, 6) is 1.93. The minimum Gasteiger partial charge on any atom is -0.467 e. The van der Waals surface area contributed by atoms with E-state index in [4.69, 9.17) is 4.42 Å². The quantitative estimate of drug-likeness (QED) is 0.866. The molecule has 2 aromatic rings. The Morgan fingerprint density at radius 1 is 1.32 bits per heavy atom. The van der Waals surface area contributed by atoms with Crippen molar-refractivity contribution >= 4 is 5.82 Å². The van der Waals surface area contributed by atoms with Gasteiger partial charge < -0.3 is 14.6 Å². The molecular weight excluding hydrogens is 238 g/mol. The average Bonchev–Trinajstić information content (AvgIpc) is 2.89. The van der Waals surface area contributed by atoms with E-state index in [1.165, 1.54) is 5.56 Å². The van der Waals surface area contributed by atoms with Crippen molar-refractivity contribution < 1.29 is 4.42 Å². The lowest BCUT2D eigenvalue weighted by Crippen LogP contribution is -2.25. The van der Waals surface area contributed by atoms with Crippen LogP contribution in [0.3, 0.4) is 0 Å². The second kappa shape index (κ2) is 6.38. The van der Waals surface area contributed by atoms with E-state index in [0.29, 0.717) is 6.04 Å². The minimum absolute atomic E-state index is 0.462. The summed E-state index contributed by atoms with van der Waals surface area (Å²) in [5.41, 5.74) is 1.20. The van der Waals surface area contributed by atoms with E-state index in [1.54, 1.807) is 6.26 Å². The zero-order valence-corrected chi connectivity index (χ0v) is 11.8. The zero-order valence-electron chi connectivity index (χ0n) is 11.8. The number of pyridine rings is 1. The van der Waals surface area contributed by atoms with Crippen molar-refractivity contribution in [3.8, 4) is 0 Å². The Balaban J connectivity index is 2.09. The zero-order chi connectivity index (χ0) is 13.7. The molecule has 0 saturated heterocycles. The van der Waals surface area contributed by atoms with E-state index >= 15 is 0 Å². The van der Waals surface area contributed by atoms with Crippen molar-refractivity contribution in [1.29, 1.82) is 0 Å². The maximum Gasteiger partial charge on any atom is 0.133 e. The van der Waals surface area contributed by atoms with Crippen molar-refractivity contribution in [3.63, 3.8) is 0 Å². The Hall–Kier alpha value is -1.81. The first-order chi connectivity index (χ1) is 9.16. The number of hydrogen-bond acceptors (Lipinski definition) is 4. The van der Waals surface area contributed by atoms with E-state index in [2.05, 4.69) is 35.1 Å². The number of furan rings is 1. The molecule has 4 heteroatoms. The van der Waals surface area contributed by atoms with Gasteiger partial charge in [-0.1, -0.05) is 19.9 Å². The van der Waals surface area contributed by atoms with Gasteiger partial charge in [0.25, 0.3) is 0 Å². The predicted octanol–water partition coefficient (Wildman–Crippen LogP) is 2.81. The molecule has 0 saturated carbocycles. The number of anilines is 1. The molecular formula is C15H21N3O. The van der Waals surface area contributed by atoms with Gasteiger partial charge in [-0.2, -0.15) is 0 Å². The molecule has 1 N–H and O–H groups in total. The Labute approximate surface area is 114 Å². The topological polar surface area (TPSA) is 41.3 Å². The molecule has 0 unspecified atom stereocenters. The van der Waals surface area contributed by atoms with Gasteiger partial charge in [0, 0.05) is 31.4 Å². The summed E-state index contributed by atoms with van der Waals surface area (Å²) in [6, 6.07) is 8.43. The molecule has 2 heterocycles. The van der Waals surface area contributed by atoms with Gasteiger partial charge in [-0.3, -0.25) is 0 Å². The molecule has 0 aromatic carbocycles. The van der Waals surface area contributed by atoms with Crippen LogP contribution in [0.4, 0.5) is 5.82 Å². The molecule has 2 aromatic heterocycles. The van der Waals surface area contributed by atoms with E-state index in [0.717, 1.165) is 24.7 Å². The molecule has 0 amide bonds. The van der Waals surface area contributed by atoms with Crippen LogP contribution in [-0.2, 0) is 13.1 Å². The van der Waals surface area contributed by atoms with Gasteiger partial charge in [-0.05, 0) is 18.2 Å². The number of aromatic nitrogens is 1. The second-order valence-electron chi connectivity index (χ2n) is 4.96. The summed E-state index contributed by atoms with van der Waals surface area (Å²) in [7, 11) is 2.03. The van der Waals surface area contributed by atoms with Crippen molar-refractivity contribution in [2.24, 2.45) is 0 Å². The monoisotopic (exact) mass is 259 g/mol. The normalized spacial score (nSPS) is 10.9. The van der Waals surface area contributed by atoms with Gasteiger partial charge in [0.2, 0.25) is 0 Å². The van der Waals surface area contributed by atoms with E-state index in [9.17, 15) is 0 Å². The van der Waals surface area contributed by atoms with Gasteiger partial charge in [0.05, 0.1) is 12.8 Å². The third kappa shape index (κ3) is 3.83. The highest BCUT2D eigenvalue weighted by Gasteiger charge is 2.10. The number of nitrogens with one attached hydrogen (secondary N) is 1. The minimum atomic E-state index is 0.462. The van der Waals surface area contributed by atoms with Crippen LogP contribution in [0.5, 0.6) is 0 Å². The van der Waals surface area contributed by atoms with Crippen LogP contribution >= 0.6 is 0 Å². The maximum absolute atomic E-state index is 5.38. The smallest absolute Gasteiger partial charge is 0.133 e. The fraction of sp³-hybridized carbons (Fsp3) is 0.400. The fourth-order valence-corrected chi connectivity index (χ4v) is 1.94. The molecule has 4 nitrogen and oxygen atoms in total. The third-order valence-electron chi connectivity index (χ3n) is 2.90. The van der Waals surface area contributed by atoms with Crippen LogP contribution < -0.4 is 10.2 Å². The largest absolute Gasteiger partial charge is 0.467 e. The first-order valence-electron chi connectivity index (χ1n) is 6.57. The third-order valence-corrected chi connectivity index (χ3v) is 2.90. The Kier molecular flexibility index (Phi) is 4.58. The molecule has 0 bridgehead atoms. The van der Waals surface area contributed by atoms with Crippen molar-refractivity contribution in [2.75, 3.05) is 11.9 Å². The SMILES string of the molecule is CC(C)NCc1cccnc1N(C)Cc1ccco1. The standard InChI is InChI=1S/C15H21N3O/c1-12(2)17-10-13-6-4-8-16-15(13)18(3)11-14-7-5-9-19-14/h4-9,12,17H,10-11H2,1-3H3. The molecule has 0 fully saturated rings. The summed E-state index contributed by atoms with van der Waals surface area (Å²) in [4.78, 5) is 6.59. The summed E-state index contributed by atoms with van der Waals surface area (Å²) in [5, 5.41) is 3.43. The highest BCUT2D eigenvalue weighted by Crippen LogP contribution is 2.18. The first-order valence-corrected chi connectivity index (χ1v) is 6.57. The molecule has 0 radical (unpaired) electrons. The fourth-order valence-electron chi connectivity index (χ4n) is 1.94. The van der Waals surface area contributed by atoms with Crippen LogP contribution in [0.2, 0.25) is 0 Å². The molecule has 0 aliphatic heterocycles. The van der Waals surface area contributed by atoms with Crippen molar-refractivity contribution in [3.05, 3.63) is 48.0 Å². The van der Waals surface area contributed by atoms with Crippen LogP contribution in [0, 0.1) is 0 Å². The maximum atomic E-state index is 5.38. The molecule has 2 rings (SSSR count). The summed E-state index contributed by atoms with van der Waals surface area (Å²) >= 11 is 0. The second-order valence-corrected chi connectivity index (χ2v) is 4.96.